The lowest BCUT2D eigenvalue weighted by Gasteiger charge is -2.25. The van der Waals surface area contributed by atoms with Gasteiger partial charge in [-0.05, 0) is 24.8 Å². The zero-order valence-corrected chi connectivity index (χ0v) is 20.2. The fourth-order valence-electron chi connectivity index (χ4n) is 2.53. The molecule has 1 N–H and O–H groups in total. The summed E-state index contributed by atoms with van der Waals surface area (Å²) in [4.78, 5) is 7.92. The normalized spacial score (nSPS) is 16.2. The van der Waals surface area contributed by atoms with Gasteiger partial charge in [-0.25, -0.2) is 12.7 Å². The van der Waals surface area contributed by atoms with E-state index in [-0.39, 0.29) is 36.3 Å². The average Bonchev–Trinajstić information content (AvgIpc) is 3.13. The summed E-state index contributed by atoms with van der Waals surface area (Å²) in [7, 11) is -1.21. The van der Waals surface area contributed by atoms with E-state index >= 15 is 0 Å². The molecule has 0 radical (unpaired) electrons. The van der Waals surface area contributed by atoms with E-state index < -0.39 is 10.0 Å². The number of sulfonamides is 1. The first-order valence-electron chi connectivity index (χ1n) is 8.60. The summed E-state index contributed by atoms with van der Waals surface area (Å²) in [5, 5.41) is 5.33. The van der Waals surface area contributed by atoms with E-state index in [1.54, 1.807) is 15.6 Å². The maximum absolute atomic E-state index is 12.4. The smallest absolute Gasteiger partial charge is 0.215 e. The van der Waals surface area contributed by atoms with Crippen molar-refractivity contribution >= 4 is 63.1 Å². The Morgan fingerprint density at radius 1 is 1.38 bits per heavy atom. The van der Waals surface area contributed by atoms with Crippen molar-refractivity contribution in [2.45, 2.75) is 13.3 Å². The predicted molar refractivity (Wildman–Crippen MR) is 125 cm³/mol. The Balaban J connectivity index is 0.00000338. The summed E-state index contributed by atoms with van der Waals surface area (Å²) in [6, 6.07) is 4.19. The molecule has 0 atom stereocenters. The van der Waals surface area contributed by atoms with Gasteiger partial charge in [0, 0.05) is 49.6 Å². The maximum atomic E-state index is 12.4. The van der Waals surface area contributed by atoms with Gasteiger partial charge in [0.25, 0.3) is 0 Å². The van der Waals surface area contributed by atoms with Crippen LogP contribution >= 0.6 is 47.1 Å². The van der Waals surface area contributed by atoms with Crippen molar-refractivity contribution in [1.29, 1.82) is 0 Å². The lowest BCUT2D eigenvalue weighted by molar-refractivity contribution is 0.443. The van der Waals surface area contributed by atoms with Gasteiger partial charge >= 0.3 is 0 Å². The summed E-state index contributed by atoms with van der Waals surface area (Å²) in [6.07, 6.45) is 0.961. The molecule has 2 heterocycles. The molecule has 0 aliphatic carbocycles. The van der Waals surface area contributed by atoms with Crippen LogP contribution in [0.5, 0.6) is 0 Å². The van der Waals surface area contributed by atoms with E-state index in [4.69, 9.17) is 0 Å². The average molecular weight is 533 g/mol. The lowest BCUT2D eigenvalue weighted by atomic mass is 10.3. The number of likely N-dealkylation sites (N-methyl/N-ethyl adjacent to an activating group) is 1. The third-order valence-corrected chi connectivity index (χ3v) is 7.67. The topological polar surface area (TPSA) is 65.0 Å². The van der Waals surface area contributed by atoms with Crippen LogP contribution in [0, 0.1) is 0 Å². The molecule has 1 aliphatic heterocycles. The molecule has 1 saturated heterocycles. The highest BCUT2D eigenvalue weighted by Gasteiger charge is 2.23. The van der Waals surface area contributed by atoms with E-state index in [1.165, 1.54) is 4.88 Å². The van der Waals surface area contributed by atoms with Crippen LogP contribution < -0.4 is 5.32 Å². The Labute approximate surface area is 182 Å². The van der Waals surface area contributed by atoms with Gasteiger partial charge in [0.05, 0.1) is 12.3 Å². The molecule has 26 heavy (non-hydrogen) atoms. The van der Waals surface area contributed by atoms with Crippen molar-refractivity contribution in [1.82, 2.24) is 14.5 Å². The van der Waals surface area contributed by atoms with Gasteiger partial charge in [-0.2, -0.15) is 11.8 Å². The van der Waals surface area contributed by atoms with Crippen LogP contribution in [0.4, 0.5) is 0 Å². The number of rotatable bonds is 8. The number of halogens is 1. The highest BCUT2D eigenvalue weighted by molar-refractivity contribution is 14.0. The second-order valence-electron chi connectivity index (χ2n) is 5.81. The molecule has 10 heteroatoms. The van der Waals surface area contributed by atoms with Crippen LogP contribution in [0.3, 0.4) is 0 Å². The van der Waals surface area contributed by atoms with Gasteiger partial charge in [-0.1, -0.05) is 6.07 Å². The molecule has 0 aromatic carbocycles. The second-order valence-corrected chi connectivity index (χ2v) is 10.2. The number of nitrogens with zero attached hydrogens (tertiary/aromatic N) is 3. The van der Waals surface area contributed by atoms with E-state index in [2.05, 4.69) is 32.7 Å². The molecule has 0 spiro atoms. The molecule has 1 fully saturated rings. The first-order valence-corrected chi connectivity index (χ1v) is 12.2. The summed E-state index contributed by atoms with van der Waals surface area (Å²) in [5.74, 6) is 2.61. The van der Waals surface area contributed by atoms with Crippen molar-refractivity contribution < 1.29 is 8.42 Å². The van der Waals surface area contributed by atoms with Crippen LogP contribution in [-0.4, -0.2) is 80.6 Å². The van der Waals surface area contributed by atoms with Crippen LogP contribution in [0.15, 0.2) is 22.5 Å². The number of guanidine groups is 1. The molecule has 6 nitrogen and oxygen atoms in total. The minimum absolute atomic E-state index is 0. The molecule has 0 bridgehead atoms. The fraction of sp³-hybridized carbons (Fsp3) is 0.688. The summed E-state index contributed by atoms with van der Waals surface area (Å²) < 4.78 is 26.4. The standard InChI is InChI=1S/C16H28N4O2S3.HI/c1-3-17-16(19(2)8-6-15-5-4-11-24-15)18-7-14-25(21,22)20-9-12-23-13-10-20;/h4-5,11H,3,6-10,12-14H2,1-2H3,(H,17,18);1H. The molecule has 1 aromatic heterocycles. The van der Waals surface area contributed by atoms with Crippen LogP contribution in [0.25, 0.3) is 0 Å². The summed E-state index contributed by atoms with van der Waals surface area (Å²) in [6.45, 7) is 5.16. The van der Waals surface area contributed by atoms with Gasteiger partial charge in [0.15, 0.2) is 5.96 Å². The molecule has 1 aromatic rings. The Morgan fingerprint density at radius 3 is 2.73 bits per heavy atom. The van der Waals surface area contributed by atoms with E-state index in [0.29, 0.717) is 13.1 Å². The minimum atomic E-state index is -3.20. The highest BCUT2D eigenvalue weighted by atomic mass is 127. The van der Waals surface area contributed by atoms with Crippen LogP contribution in [0.2, 0.25) is 0 Å². The molecule has 150 valence electrons. The number of thioether (sulfide) groups is 1. The molecule has 0 unspecified atom stereocenters. The molecular formula is C16H29IN4O2S3. The van der Waals surface area contributed by atoms with Gasteiger partial charge in [0.2, 0.25) is 10.0 Å². The second kappa shape index (κ2) is 12.4. The third kappa shape index (κ3) is 7.91. The third-order valence-electron chi connectivity index (χ3n) is 3.94. The Bertz CT molecular complexity index is 632. The predicted octanol–water partition coefficient (Wildman–Crippen LogP) is 2.18. The largest absolute Gasteiger partial charge is 0.357 e. The molecule has 0 saturated carbocycles. The number of hydrogen-bond donors (Lipinski definition) is 1. The lowest BCUT2D eigenvalue weighted by Crippen LogP contribution is -2.41. The first kappa shape index (κ1) is 24.0. The van der Waals surface area contributed by atoms with Crippen molar-refractivity contribution in [3.8, 4) is 0 Å². The van der Waals surface area contributed by atoms with Crippen molar-refractivity contribution in [2.24, 2.45) is 4.99 Å². The monoisotopic (exact) mass is 532 g/mol. The maximum Gasteiger partial charge on any atom is 0.215 e. The van der Waals surface area contributed by atoms with Gasteiger partial charge in [-0.15, -0.1) is 35.3 Å². The molecule has 0 amide bonds. The summed E-state index contributed by atoms with van der Waals surface area (Å²) >= 11 is 3.56. The van der Waals surface area contributed by atoms with Crippen molar-refractivity contribution in [3.63, 3.8) is 0 Å². The SMILES string of the molecule is CCNC(=NCCS(=O)(=O)N1CCSCC1)N(C)CCc1cccs1.I. The molecular weight excluding hydrogens is 503 g/mol. The van der Waals surface area contributed by atoms with Crippen molar-refractivity contribution in [3.05, 3.63) is 22.4 Å². The fourth-order valence-corrected chi connectivity index (χ4v) is 5.68. The van der Waals surface area contributed by atoms with Crippen LogP contribution in [-0.2, 0) is 16.4 Å². The molecule has 2 rings (SSSR count). The van der Waals surface area contributed by atoms with Gasteiger partial charge in [-0.3, -0.25) is 4.99 Å². The number of hydrogen-bond acceptors (Lipinski definition) is 5. The van der Waals surface area contributed by atoms with Crippen LogP contribution in [0.1, 0.15) is 11.8 Å². The van der Waals surface area contributed by atoms with E-state index in [9.17, 15) is 8.42 Å². The zero-order valence-electron chi connectivity index (χ0n) is 15.4. The number of thiophene rings is 1. The Kier molecular flexibility index (Phi) is 11.5. The van der Waals surface area contributed by atoms with E-state index in [0.717, 1.165) is 37.0 Å². The van der Waals surface area contributed by atoms with E-state index in [1.807, 2.05) is 25.7 Å². The Hall–Kier alpha value is -0.0400. The number of nitrogens with one attached hydrogen (secondary N) is 1. The minimum Gasteiger partial charge on any atom is -0.357 e. The first-order chi connectivity index (χ1) is 12.0. The zero-order chi connectivity index (χ0) is 18.1. The van der Waals surface area contributed by atoms with Crippen molar-refractivity contribution in [2.75, 3.05) is 57.0 Å². The summed E-state index contributed by atoms with van der Waals surface area (Å²) in [5.41, 5.74) is 0. The van der Waals surface area contributed by atoms with Gasteiger partial charge < -0.3 is 10.2 Å². The van der Waals surface area contributed by atoms with Gasteiger partial charge in [0.1, 0.15) is 0 Å². The quantitative estimate of drug-likeness (QED) is 0.316. The molecule has 1 aliphatic rings. The highest BCUT2D eigenvalue weighted by Crippen LogP contribution is 2.13. The Morgan fingerprint density at radius 2 is 2.12 bits per heavy atom. The number of aliphatic imine (C=N–C) groups is 1.